The number of hydrogen-bond donors (Lipinski definition) is 2. The zero-order valence-corrected chi connectivity index (χ0v) is 16.8. The summed E-state index contributed by atoms with van der Waals surface area (Å²) in [7, 11) is 1.70. The molecule has 2 aliphatic rings. The molecule has 2 aromatic carbocycles. The second kappa shape index (κ2) is 8.21. The van der Waals surface area contributed by atoms with Crippen LogP contribution in [0.2, 0.25) is 5.02 Å². The third-order valence-electron chi connectivity index (χ3n) is 4.75. The van der Waals surface area contributed by atoms with Gasteiger partial charge in [-0.15, -0.1) is 0 Å². The summed E-state index contributed by atoms with van der Waals surface area (Å²) in [5.74, 6) is 1.18. The molecule has 0 aromatic heterocycles. The summed E-state index contributed by atoms with van der Waals surface area (Å²) in [5, 5.41) is 6.06. The van der Waals surface area contributed by atoms with E-state index >= 15 is 0 Å². The molecular weight excluding hydrogens is 394 g/mol. The van der Waals surface area contributed by atoms with E-state index in [0.29, 0.717) is 47.5 Å². The number of benzene rings is 2. The van der Waals surface area contributed by atoms with Gasteiger partial charge in [-0.05, 0) is 48.7 Å². The van der Waals surface area contributed by atoms with Crippen molar-refractivity contribution >= 4 is 29.2 Å². The van der Waals surface area contributed by atoms with Crippen LogP contribution in [-0.2, 0) is 6.54 Å². The van der Waals surface area contributed by atoms with Gasteiger partial charge in [0.2, 0.25) is 0 Å². The highest BCUT2D eigenvalue weighted by molar-refractivity contribution is 6.34. The minimum Gasteiger partial charge on any atom is -0.486 e. The fourth-order valence-corrected chi connectivity index (χ4v) is 3.22. The van der Waals surface area contributed by atoms with Crippen LogP contribution in [0.25, 0.3) is 0 Å². The number of carbonyl (C=O) groups is 2. The molecule has 3 amide bonds. The number of rotatable bonds is 5. The molecule has 0 unspecified atom stereocenters. The first-order chi connectivity index (χ1) is 14.0. The van der Waals surface area contributed by atoms with E-state index in [1.165, 1.54) is 0 Å². The van der Waals surface area contributed by atoms with Gasteiger partial charge in [-0.25, -0.2) is 4.79 Å². The number of nitrogens with zero attached hydrogens (tertiary/aromatic N) is 1. The monoisotopic (exact) mass is 415 g/mol. The van der Waals surface area contributed by atoms with Gasteiger partial charge in [0.05, 0.1) is 10.6 Å². The zero-order valence-electron chi connectivity index (χ0n) is 16.0. The third kappa shape index (κ3) is 4.74. The van der Waals surface area contributed by atoms with Gasteiger partial charge in [-0.2, -0.15) is 0 Å². The molecule has 1 aliphatic heterocycles. The van der Waals surface area contributed by atoms with E-state index in [9.17, 15) is 9.59 Å². The standard InChI is InChI=1S/C21H22ClN3O4/c1-25(12-13-2-7-18-19(10-13)29-9-8-28-18)21(27)24-15-5-6-17(22)16(11-15)20(26)23-14-3-4-14/h2,5-7,10-11,14H,3-4,8-9,12H2,1H3,(H,23,26)(H,24,27). The summed E-state index contributed by atoms with van der Waals surface area (Å²) in [6.07, 6.45) is 1.98. The van der Waals surface area contributed by atoms with Crippen molar-refractivity contribution in [3.63, 3.8) is 0 Å². The predicted molar refractivity (Wildman–Crippen MR) is 110 cm³/mol. The maximum absolute atomic E-state index is 12.6. The highest BCUT2D eigenvalue weighted by Gasteiger charge is 2.25. The predicted octanol–water partition coefficient (Wildman–Crippen LogP) is 3.67. The summed E-state index contributed by atoms with van der Waals surface area (Å²) in [5.41, 5.74) is 1.78. The van der Waals surface area contributed by atoms with Crippen LogP contribution in [0.3, 0.4) is 0 Å². The summed E-state index contributed by atoms with van der Waals surface area (Å²) in [4.78, 5) is 26.4. The lowest BCUT2D eigenvalue weighted by atomic mass is 10.1. The molecule has 0 saturated heterocycles. The van der Waals surface area contributed by atoms with Crippen molar-refractivity contribution in [3.8, 4) is 11.5 Å². The quantitative estimate of drug-likeness (QED) is 0.780. The molecule has 29 heavy (non-hydrogen) atoms. The minimum absolute atomic E-state index is 0.224. The van der Waals surface area contributed by atoms with E-state index in [1.807, 2.05) is 18.2 Å². The van der Waals surface area contributed by atoms with Crippen molar-refractivity contribution < 1.29 is 19.1 Å². The lowest BCUT2D eigenvalue weighted by Gasteiger charge is -2.21. The third-order valence-corrected chi connectivity index (χ3v) is 5.08. The summed E-state index contributed by atoms with van der Waals surface area (Å²) < 4.78 is 11.1. The van der Waals surface area contributed by atoms with Crippen LogP contribution >= 0.6 is 11.6 Å². The maximum Gasteiger partial charge on any atom is 0.321 e. The molecule has 0 atom stereocenters. The van der Waals surface area contributed by atoms with E-state index in [0.717, 1.165) is 18.4 Å². The number of carbonyl (C=O) groups excluding carboxylic acids is 2. The molecule has 0 radical (unpaired) electrons. The van der Waals surface area contributed by atoms with E-state index < -0.39 is 0 Å². The van der Waals surface area contributed by atoms with E-state index in [-0.39, 0.29) is 18.0 Å². The lowest BCUT2D eigenvalue weighted by molar-refractivity contribution is 0.0951. The molecule has 7 nitrogen and oxygen atoms in total. The van der Waals surface area contributed by atoms with Crippen molar-refractivity contribution in [2.45, 2.75) is 25.4 Å². The Bertz CT molecular complexity index is 946. The van der Waals surface area contributed by atoms with Gasteiger partial charge in [0.25, 0.3) is 5.91 Å². The number of nitrogens with one attached hydrogen (secondary N) is 2. The minimum atomic E-state index is -0.296. The zero-order chi connectivity index (χ0) is 20.4. The highest BCUT2D eigenvalue weighted by Crippen LogP contribution is 2.31. The molecule has 2 N–H and O–H groups in total. The van der Waals surface area contributed by atoms with Crippen molar-refractivity contribution in [1.82, 2.24) is 10.2 Å². The Hall–Kier alpha value is -2.93. The smallest absolute Gasteiger partial charge is 0.321 e. The lowest BCUT2D eigenvalue weighted by Crippen LogP contribution is -2.31. The van der Waals surface area contributed by atoms with Crippen LogP contribution in [0.15, 0.2) is 36.4 Å². The summed E-state index contributed by atoms with van der Waals surface area (Å²) >= 11 is 6.15. The molecule has 2 aromatic rings. The summed E-state index contributed by atoms with van der Waals surface area (Å²) in [6, 6.07) is 10.4. The van der Waals surface area contributed by atoms with Gasteiger partial charge in [-0.3, -0.25) is 4.79 Å². The number of halogens is 1. The van der Waals surface area contributed by atoms with E-state index in [4.69, 9.17) is 21.1 Å². The second-order valence-electron chi connectivity index (χ2n) is 7.21. The van der Waals surface area contributed by atoms with Gasteiger partial charge in [0, 0.05) is 25.3 Å². The Balaban J connectivity index is 1.40. The van der Waals surface area contributed by atoms with Crippen LogP contribution in [0.5, 0.6) is 11.5 Å². The Labute approximate surface area is 173 Å². The number of amides is 3. The normalized spacial score (nSPS) is 14.8. The molecule has 1 aliphatic carbocycles. The first kappa shape index (κ1) is 19.4. The van der Waals surface area contributed by atoms with Gasteiger partial charge in [0.15, 0.2) is 11.5 Å². The Morgan fingerprint density at radius 1 is 1.10 bits per heavy atom. The molecule has 1 heterocycles. The van der Waals surface area contributed by atoms with Crippen molar-refractivity contribution in [3.05, 3.63) is 52.5 Å². The fourth-order valence-electron chi connectivity index (χ4n) is 3.02. The van der Waals surface area contributed by atoms with Crippen LogP contribution in [0.1, 0.15) is 28.8 Å². The first-order valence-electron chi connectivity index (χ1n) is 9.50. The van der Waals surface area contributed by atoms with Gasteiger partial charge >= 0.3 is 6.03 Å². The van der Waals surface area contributed by atoms with Gasteiger partial charge in [-0.1, -0.05) is 17.7 Å². The van der Waals surface area contributed by atoms with Gasteiger partial charge in [0.1, 0.15) is 13.2 Å². The van der Waals surface area contributed by atoms with Crippen LogP contribution in [-0.4, -0.2) is 43.1 Å². The van der Waals surface area contributed by atoms with Crippen molar-refractivity contribution in [2.75, 3.05) is 25.6 Å². The summed E-state index contributed by atoms with van der Waals surface area (Å²) in [6.45, 7) is 1.45. The van der Waals surface area contributed by atoms with Crippen LogP contribution < -0.4 is 20.1 Å². The molecule has 4 rings (SSSR count). The molecular formula is C21H22ClN3O4. The second-order valence-corrected chi connectivity index (χ2v) is 7.61. The molecule has 152 valence electrons. The molecule has 1 fully saturated rings. The average Bonchev–Trinajstić information content (AvgIpc) is 3.53. The van der Waals surface area contributed by atoms with E-state index in [2.05, 4.69) is 10.6 Å². The first-order valence-corrected chi connectivity index (χ1v) is 9.88. The average molecular weight is 416 g/mol. The molecule has 1 saturated carbocycles. The van der Waals surface area contributed by atoms with Crippen LogP contribution in [0, 0.1) is 0 Å². The SMILES string of the molecule is CN(Cc1ccc2c(c1)OCCO2)C(=O)Nc1ccc(Cl)c(C(=O)NC2CC2)c1. The maximum atomic E-state index is 12.6. The van der Waals surface area contributed by atoms with Crippen molar-refractivity contribution in [2.24, 2.45) is 0 Å². The largest absolute Gasteiger partial charge is 0.486 e. The number of anilines is 1. The Kier molecular flexibility index (Phi) is 5.49. The molecule has 0 spiro atoms. The number of fused-ring (bicyclic) bond motifs is 1. The Morgan fingerprint density at radius 3 is 2.62 bits per heavy atom. The molecule has 0 bridgehead atoms. The number of hydrogen-bond acceptors (Lipinski definition) is 4. The highest BCUT2D eigenvalue weighted by atomic mass is 35.5. The van der Waals surface area contributed by atoms with Gasteiger partial charge < -0.3 is 25.0 Å². The van der Waals surface area contributed by atoms with E-state index in [1.54, 1.807) is 30.1 Å². The Morgan fingerprint density at radius 2 is 1.86 bits per heavy atom. The fraction of sp³-hybridized carbons (Fsp3) is 0.333. The topological polar surface area (TPSA) is 79.9 Å². The number of ether oxygens (including phenoxy) is 2. The van der Waals surface area contributed by atoms with Crippen molar-refractivity contribution in [1.29, 1.82) is 0 Å². The number of urea groups is 1. The van der Waals surface area contributed by atoms with Crippen LogP contribution in [0.4, 0.5) is 10.5 Å². The molecule has 8 heteroatoms.